The first-order chi connectivity index (χ1) is 22.6. The number of halogens is 4. The first-order valence-corrected chi connectivity index (χ1v) is 15.9. The summed E-state index contributed by atoms with van der Waals surface area (Å²) >= 11 is 0. The minimum Gasteiger partial charge on any atom is -0.444 e. The summed E-state index contributed by atoms with van der Waals surface area (Å²) in [6.07, 6.45) is -4.26. The van der Waals surface area contributed by atoms with Crippen molar-refractivity contribution in [2.24, 2.45) is 0 Å². The van der Waals surface area contributed by atoms with E-state index in [0.29, 0.717) is 56.0 Å². The van der Waals surface area contributed by atoms with Crippen molar-refractivity contribution in [3.63, 3.8) is 0 Å². The minimum atomic E-state index is -4.82. The molecule has 0 saturated carbocycles. The van der Waals surface area contributed by atoms with Crippen LogP contribution in [0, 0.1) is 12.7 Å². The number of hydrogen-bond acceptors (Lipinski definition) is 9. The number of carbonyl (C=O) groups is 1. The molecule has 4 aromatic rings. The summed E-state index contributed by atoms with van der Waals surface area (Å²) < 4.78 is 72.8. The van der Waals surface area contributed by atoms with Crippen molar-refractivity contribution >= 4 is 28.9 Å². The van der Waals surface area contributed by atoms with Crippen molar-refractivity contribution in [1.29, 1.82) is 0 Å². The number of ether oxygens (including phenoxy) is 2. The maximum absolute atomic E-state index is 14.8. The SMILES string of the molecule is CNc1nc2cc(F)ccc2n1-c1nc(-c2c(C(F)(F)F)nn(C3CCCN(C(=O)OC(C)(C)C)C3)c2C)cc(N2CCOC[C@H]2C)n1. The van der Waals surface area contributed by atoms with E-state index in [2.05, 4.69) is 15.4 Å². The summed E-state index contributed by atoms with van der Waals surface area (Å²) in [5.41, 5.74) is -0.959. The van der Waals surface area contributed by atoms with Gasteiger partial charge in [0.05, 0.1) is 47.6 Å². The van der Waals surface area contributed by atoms with Crippen LogP contribution in [0.3, 0.4) is 0 Å². The molecule has 6 rings (SSSR count). The van der Waals surface area contributed by atoms with Crippen molar-refractivity contribution in [3.05, 3.63) is 41.5 Å². The van der Waals surface area contributed by atoms with Gasteiger partial charge in [0.15, 0.2) is 5.69 Å². The van der Waals surface area contributed by atoms with Crippen molar-refractivity contribution < 1.29 is 31.8 Å². The van der Waals surface area contributed by atoms with Gasteiger partial charge in [-0.3, -0.25) is 4.68 Å². The molecule has 2 aliphatic rings. The van der Waals surface area contributed by atoms with Crippen LogP contribution >= 0.6 is 0 Å². The maximum atomic E-state index is 14.8. The molecule has 0 radical (unpaired) electrons. The first-order valence-electron chi connectivity index (χ1n) is 15.9. The Balaban J connectivity index is 1.51. The number of carbonyl (C=O) groups excluding carboxylic acids is 1. The van der Waals surface area contributed by atoms with Crippen LogP contribution in [0.5, 0.6) is 0 Å². The van der Waals surface area contributed by atoms with Gasteiger partial charge in [0.2, 0.25) is 11.9 Å². The third kappa shape index (κ3) is 6.49. The van der Waals surface area contributed by atoms with Crippen LogP contribution in [0.2, 0.25) is 0 Å². The zero-order chi connectivity index (χ0) is 34.5. The van der Waals surface area contributed by atoms with E-state index in [-0.39, 0.29) is 41.4 Å². The molecule has 2 saturated heterocycles. The molecule has 258 valence electrons. The smallest absolute Gasteiger partial charge is 0.435 e. The van der Waals surface area contributed by atoms with E-state index < -0.39 is 35.4 Å². The van der Waals surface area contributed by atoms with Crippen molar-refractivity contribution in [1.82, 2.24) is 34.2 Å². The molecule has 0 spiro atoms. The number of aromatic nitrogens is 6. The van der Waals surface area contributed by atoms with Gasteiger partial charge in [-0.05, 0) is 59.6 Å². The van der Waals surface area contributed by atoms with Crippen LogP contribution in [0.25, 0.3) is 28.2 Å². The molecule has 16 heteroatoms. The van der Waals surface area contributed by atoms with Gasteiger partial charge in [0, 0.05) is 44.5 Å². The molecule has 5 heterocycles. The van der Waals surface area contributed by atoms with E-state index in [0.717, 1.165) is 0 Å². The highest BCUT2D eigenvalue weighted by Crippen LogP contribution is 2.41. The molecule has 2 fully saturated rings. The summed E-state index contributed by atoms with van der Waals surface area (Å²) in [6, 6.07) is 4.96. The van der Waals surface area contributed by atoms with Crippen molar-refractivity contribution in [2.45, 2.75) is 71.3 Å². The Kier molecular flexibility index (Phi) is 8.72. The zero-order valence-electron chi connectivity index (χ0n) is 27.7. The van der Waals surface area contributed by atoms with Gasteiger partial charge in [0.25, 0.3) is 0 Å². The van der Waals surface area contributed by atoms with Gasteiger partial charge in [0.1, 0.15) is 17.2 Å². The lowest BCUT2D eigenvalue weighted by Gasteiger charge is -2.34. The predicted molar refractivity (Wildman–Crippen MR) is 171 cm³/mol. The second kappa shape index (κ2) is 12.5. The highest BCUT2D eigenvalue weighted by molar-refractivity contribution is 5.81. The molecule has 3 aromatic heterocycles. The number of rotatable bonds is 5. The Morgan fingerprint density at radius 3 is 2.56 bits per heavy atom. The highest BCUT2D eigenvalue weighted by Gasteiger charge is 2.41. The summed E-state index contributed by atoms with van der Waals surface area (Å²) in [5, 5.41) is 7.11. The molecule has 12 nitrogen and oxygen atoms in total. The number of amides is 1. The molecule has 1 amide bonds. The maximum Gasteiger partial charge on any atom is 0.435 e. The second-order valence-electron chi connectivity index (χ2n) is 13.2. The Labute approximate surface area is 275 Å². The van der Waals surface area contributed by atoms with E-state index in [9.17, 15) is 22.4 Å². The topological polar surface area (TPSA) is 115 Å². The molecule has 2 atom stereocenters. The predicted octanol–water partition coefficient (Wildman–Crippen LogP) is 5.98. The number of anilines is 2. The van der Waals surface area contributed by atoms with E-state index in [1.165, 1.54) is 27.8 Å². The lowest BCUT2D eigenvalue weighted by molar-refractivity contribution is -0.141. The largest absolute Gasteiger partial charge is 0.444 e. The van der Waals surface area contributed by atoms with Crippen LogP contribution in [-0.4, -0.2) is 91.8 Å². The standard InChI is InChI=1S/C32H39F4N9O3/c1-18-17-47-13-12-43(18)25-15-23(39-29(40-25)44-24-10-9-20(33)14-22(24)38-28(44)37-6)26-19(2)45(41-27(26)32(34,35)36)21-8-7-11-42(16-21)30(46)48-31(3,4)5/h9-10,14-15,18,21H,7-8,11-13,16-17H2,1-6H3,(H,37,38)/t18-,21?/m1/s1. The molecule has 0 bridgehead atoms. The Bertz CT molecular complexity index is 1830. The molecular formula is C32H39F4N9O3. The number of fused-ring (bicyclic) bond motifs is 1. The van der Waals surface area contributed by atoms with E-state index >= 15 is 0 Å². The lowest BCUT2D eigenvalue weighted by Crippen LogP contribution is -2.44. The fourth-order valence-electron chi connectivity index (χ4n) is 6.31. The third-order valence-electron chi connectivity index (χ3n) is 8.47. The average molecular weight is 674 g/mol. The first kappa shape index (κ1) is 33.4. The van der Waals surface area contributed by atoms with Crippen molar-refractivity contribution in [2.75, 3.05) is 50.1 Å². The lowest BCUT2D eigenvalue weighted by atomic mass is 10.0. The van der Waals surface area contributed by atoms with Gasteiger partial charge in [-0.2, -0.15) is 23.3 Å². The Morgan fingerprint density at radius 1 is 1.10 bits per heavy atom. The number of hydrogen-bond donors (Lipinski definition) is 1. The number of nitrogens with zero attached hydrogens (tertiary/aromatic N) is 8. The molecule has 48 heavy (non-hydrogen) atoms. The minimum absolute atomic E-state index is 0.00981. The number of imidazole rings is 1. The van der Waals surface area contributed by atoms with Crippen LogP contribution in [-0.2, 0) is 15.7 Å². The van der Waals surface area contributed by atoms with Gasteiger partial charge < -0.3 is 24.6 Å². The second-order valence-corrected chi connectivity index (χ2v) is 13.2. The van der Waals surface area contributed by atoms with E-state index in [4.69, 9.17) is 19.4 Å². The highest BCUT2D eigenvalue weighted by atomic mass is 19.4. The fourth-order valence-corrected chi connectivity index (χ4v) is 6.31. The van der Waals surface area contributed by atoms with Crippen LogP contribution in [0.1, 0.15) is 58.0 Å². The Hall–Kier alpha value is -4.47. The number of morpholine rings is 1. The monoisotopic (exact) mass is 673 g/mol. The molecular weight excluding hydrogens is 634 g/mol. The van der Waals surface area contributed by atoms with Crippen molar-refractivity contribution in [3.8, 4) is 17.2 Å². The zero-order valence-corrected chi connectivity index (χ0v) is 27.7. The Morgan fingerprint density at radius 2 is 1.88 bits per heavy atom. The number of piperidine rings is 1. The number of benzene rings is 1. The average Bonchev–Trinajstić information content (AvgIpc) is 3.57. The summed E-state index contributed by atoms with van der Waals surface area (Å²) in [5.74, 6) is 0.235. The van der Waals surface area contributed by atoms with Gasteiger partial charge in [-0.15, -0.1) is 0 Å². The number of nitrogens with one attached hydrogen (secondary N) is 1. The third-order valence-corrected chi connectivity index (χ3v) is 8.47. The van der Waals surface area contributed by atoms with Gasteiger partial charge >= 0.3 is 12.3 Å². The summed E-state index contributed by atoms with van der Waals surface area (Å²) in [4.78, 5) is 30.4. The van der Waals surface area contributed by atoms with Gasteiger partial charge in [-0.1, -0.05) is 0 Å². The molecule has 2 aliphatic heterocycles. The van der Waals surface area contributed by atoms with Gasteiger partial charge in [-0.25, -0.2) is 23.7 Å². The molecule has 0 aliphatic carbocycles. The van der Waals surface area contributed by atoms with E-state index in [1.54, 1.807) is 45.4 Å². The van der Waals surface area contributed by atoms with Crippen LogP contribution < -0.4 is 10.2 Å². The normalized spacial score (nSPS) is 19.2. The quantitative estimate of drug-likeness (QED) is 0.256. The summed E-state index contributed by atoms with van der Waals surface area (Å²) in [7, 11) is 1.63. The summed E-state index contributed by atoms with van der Waals surface area (Å²) in [6.45, 7) is 10.7. The molecule has 1 unspecified atom stereocenters. The van der Waals surface area contributed by atoms with Crippen LogP contribution in [0.4, 0.5) is 34.1 Å². The number of alkyl halides is 3. The molecule has 1 aromatic carbocycles. The molecule has 1 N–H and O–H groups in total. The fraction of sp³-hybridized carbons (Fsp3) is 0.531. The number of likely N-dealkylation sites (tertiary alicyclic amines) is 1. The van der Waals surface area contributed by atoms with E-state index in [1.807, 2.05) is 11.8 Å². The van der Waals surface area contributed by atoms with Crippen LogP contribution in [0.15, 0.2) is 24.3 Å².